The SMILES string of the molecule is O=S(=O)(N[C@H]1CCCC[C@H]1NS(=O)(=O)c1ccc(Br)cc1)c1ccc(Br)cc1. The summed E-state index contributed by atoms with van der Waals surface area (Å²) in [5.74, 6) is 0. The molecule has 0 amide bonds. The van der Waals surface area contributed by atoms with Gasteiger partial charge in [-0.15, -0.1) is 0 Å². The first-order valence-electron chi connectivity index (χ1n) is 8.73. The third-order valence-corrected chi connectivity index (χ3v) is 8.70. The molecule has 3 rings (SSSR count). The fourth-order valence-corrected chi connectivity index (χ4v) is 6.33. The van der Waals surface area contributed by atoms with Crippen LogP contribution in [-0.4, -0.2) is 28.9 Å². The summed E-state index contributed by atoms with van der Waals surface area (Å²) in [6.45, 7) is 0. The fourth-order valence-electron chi connectivity index (χ4n) is 3.18. The Kier molecular flexibility index (Phi) is 6.99. The van der Waals surface area contributed by atoms with Crippen LogP contribution < -0.4 is 9.44 Å². The number of nitrogens with one attached hydrogen (secondary N) is 2. The van der Waals surface area contributed by atoms with Crippen molar-refractivity contribution in [3.8, 4) is 0 Å². The van der Waals surface area contributed by atoms with Gasteiger partial charge < -0.3 is 0 Å². The van der Waals surface area contributed by atoms with E-state index in [-0.39, 0.29) is 9.79 Å². The smallest absolute Gasteiger partial charge is 0.207 e. The summed E-state index contributed by atoms with van der Waals surface area (Å²) in [4.78, 5) is 0.298. The van der Waals surface area contributed by atoms with Gasteiger partial charge in [-0.05, 0) is 61.4 Å². The van der Waals surface area contributed by atoms with Gasteiger partial charge in [0.1, 0.15) is 0 Å². The highest BCUT2D eigenvalue weighted by atomic mass is 79.9. The molecular weight excluding hydrogens is 532 g/mol. The average Bonchev–Trinajstić information content (AvgIpc) is 2.64. The van der Waals surface area contributed by atoms with E-state index >= 15 is 0 Å². The van der Waals surface area contributed by atoms with Crippen LogP contribution in [0.5, 0.6) is 0 Å². The topological polar surface area (TPSA) is 92.3 Å². The Hall–Kier alpha value is -0.780. The van der Waals surface area contributed by atoms with Crippen LogP contribution in [0.4, 0.5) is 0 Å². The number of benzene rings is 2. The van der Waals surface area contributed by atoms with Gasteiger partial charge in [0, 0.05) is 21.0 Å². The molecule has 0 heterocycles. The molecule has 1 fully saturated rings. The lowest BCUT2D eigenvalue weighted by atomic mass is 9.92. The maximum Gasteiger partial charge on any atom is 0.240 e. The first-order valence-corrected chi connectivity index (χ1v) is 13.3. The van der Waals surface area contributed by atoms with Crippen molar-refractivity contribution in [3.63, 3.8) is 0 Å². The number of rotatable bonds is 6. The van der Waals surface area contributed by atoms with Crippen LogP contribution in [0, 0.1) is 0 Å². The molecule has 0 bridgehead atoms. The Morgan fingerprint density at radius 1 is 0.643 bits per heavy atom. The molecule has 2 atom stereocenters. The second-order valence-corrected chi connectivity index (χ2v) is 11.9. The number of sulfonamides is 2. The number of hydrogen-bond donors (Lipinski definition) is 2. The molecule has 1 aliphatic rings. The zero-order chi connectivity index (χ0) is 20.4. The molecule has 6 nitrogen and oxygen atoms in total. The van der Waals surface area contributed by atoms with Gasteiger partial charge in [0.25, 0.3) is 0 Å². The standard InChI is InChI=1S/C18H20Br2N2O4S2/c19-13-5-9-15(10-6-13)27(23,24)21-17-3-1-2-4-18(17)22-28(25,26)16-11-7-14(20)8-12-16/h5-12,17-18,21-22H,1-4H2/t17-,18+. The van der Waals surface area contributed by atoms with E-state index in [4.69, 9.17) is 0 Å². The van der Waals surface area contributed by atoms with Crippen molar-refractivity contribution < 1.29 is 16.8 Å². The Morgan fingerprint density at radius 2 is 0.964 bits per heavy atom. The largest absolute Gasteiger partial charge is 0.240 e. The maximum absolute atomic E-state index is 12.7. The van der Waals surface area contributed by atoms with Gasteiger partial charge in [0.05, 0.1) is 9.79 Å². The first kappa shape index (κ1) is 21.9. The zero-order valence-electron chi connectivity index (χ0n) is 14.8. The van der Waals surface area contributed by atoms with Gasteiger partial charge in [-0.2, -0.15) is 0 Å². The summed E-state index contributed by atoms with van der Waals surface area (Å²) >= 11 is 6.57. The predicted molar refractivity (Wildman–Crippen MR) is 115 cm³/mol. The fraction of sp³-hybridized carbons (Fsp3) is 0.333. The van der Waals surface area contributed by atoms with Crippen molar-refractivity contribution in [3.05, 3.63) is 57.5 Å². The van der Waals surface area contributed by atoms with Crippen molar-refractivity contribution >= 4 is 51.9 Å². The summed E-state index contributed by atoms with van der Waals surface area (Å²) in [6, 6.07) is 11.7. The maximum atomic E-state index is 12.7. The van der Waals surface area contributed by atoms with E-state index in [1.54, 1.807) is 24.3 Å². The molecule has 2 aromatic carbocycles. The molecule has 2 aromatic rings. The Labute approximate surface area is 182 Å². The molecule has 0 radical (unpaired) electrons. The van der Waals surface area contributed by atoms with Gasteiger partial charge in [-0.1, -0.05) is 44.7 Å². The van der Waals surface area contributed by atoms with Gasteiger partial charge in [-0.25, -0.2) is 26.3 Å². The van der Waals surface area contributed by atoms with Gasteiger partial charge in [-0.3, -0.25) is 0 Å². The summed E-state index contributed by atoms with van der Waals surface area (Å²) in [5.41, 5.74) is 0. The van der Waals surface area contributed by atoms with Crippen LogP contribution in [-0.2, 0) is 20.0 Å². The van der Waals surface area contributed by atoms with Crippen molar-refractivity contribution in [1.29, 1.82) is 0 Å². The monoisotopic (exact) mass is 550 g/mol. The lowest BCUT2D eigenvalue weighted by Crippen LogP contribution is -2.52. The molecule has 28 heavy (non-hydrogen) atoms. The molecule has 10 heteroatoms. The Bertz CT molecular complexity index is 939. The molecule has 0 saturated heterocycles. The van der Waals surface area contributed by atoms with Crippen LogP contribution >= 0.6 is 31.9 Å². The van der Waals surface area contributed by atoms with E-state index in [9.17, 15) is 16.8 Å². The lowest BCUT2D eigenvalue weighted by molar-refractivity contribution is 0.340. The Balaban J connectivity index is 1.78. The van der Waals surface area contributed by atoms with Crippen LogP contribution in [0.2, 0.25) is 0 Å². The average molecular weight is 552 g/mol. The van der Waals surface area contributed by atoms with Crippen LogP contribution in [0.25, 0.3) is 0 Å². The summed E-state index contributed by atoms with van der Waals surface area (Å²) < 4.78 is 57.8. The van der Waals surface area contributed by atoms with E-state index in [1.807, 2.05) is 0 Å². The lowest BCUT2D eigenvalue weighted by Gasteiger charge is -2.32. The van der Waals surface area contributed by atoms with Crippen molar-refractivity contribution in [1.82, 2.24) is 9.44 Å². The highest BCUT2D eigenvalue weighted by molar-refractivity contribution is 9.10. The van der Waals surface area contributed by atoms with Crippen LogP contribution in [0.3, 0.4) is 0 Å². The van der Waals surface area contributed by atoms with Crippen LogP contribution in [0.1, 0.15) is 25.7 Å². The molecule has 1 saturated carbocycles. The van der Waals surface area contributed by atoms with E-state index in [0.717, 1.165) is 21.8 Å². The molecular formula is C18H20Br2N2O4S2. The minimum Gasteiger partial charge on any atom is -0.207 e. The molecule has 0 spiro atoms. The van der Waals surface area contributed by atoms with E-state index in [0.29, 0.717) is 12.8 Å². The molecule has 152 valence electrons. The van der Waals surface area contributed by atoms with E-state index < -0.39 is 32.1 Å². The minimum absolute atomic E-state index is 0.149. The van der Waals surface area contributed by atoms with Gasteiger partial charge in [0.2, 0.25) is 20.0 Å². The zero-order valence-corrected chi connectivity index (χ0v) is 19.6. The van der Waals surface area contributed by atoms with Gasteiger partial charge in [0.15, 0.2) is 0 Å². The molecule has 0 aromatic heterocycles. The minimum atomic E-state index is -3.75. The van der Waals surface area contributed by atoms with Crippen LogP contribution in [0.15, 0.2) is 67.3 Å². The van der Waals surface area contributed by atoms with Crippen molar-refractivity contribution in [2.45, 2.75) is 47.6 Å². The molecule has 0 aliphatic heterocycles. The van der Waals surface area contributed by atoms with Crippen molar-refractivity contribution in [2.24, 2.45) is 0 Å². The number of hydrogen-bond acceptors (Lipinski definition) is 4. The third kappa shape index (κ3) is 5.43. The second kappa shape index (κ2) is 8.93. The highest BCUT2D eigenvalue weighted by Crippen LogP contribution is 2.24. The van der Waals surface area contributed by atoms with E-state index in [2.05, 4.69) is 41.3 Å². The summed E-state index contributed by atoms with van der Waals surface area (Å²) in [6.07, 6.45) is 2.82. The molecule has 1 aliphatic carbocycles. The predicted octanol–water partition coefficient (Wildman–Crippen LogP) is 3.78. The molecule has 0 unspecified atom stereocenters. The summed E-state index contributed by atoms with van der Waals surface area (Å²) in [5, 5.41) is 0. The highest BCUT2D eigenvalue weighted by Gasteiger charge is 2.32. The molecule has 2 N–H and O–H groups in total. The third-order valence-electron chi connectivity index (χ3n) is 4.63. The van der Waals surface area contributed by atoms with Gasteiger partial charge >= 0.3 is 0 Å². The summed E-state index contributed by atoms with van der Waals surface area (Å²) in [7, 11) is -7.49. The van der Waals surface area contributed by atoms with E-state index in [1.165, 1.54) is 24.3 Å². The number of halogens is 2. The first-order chi connectivity index (χ1) is 13.2. The quantitative estimate of drug-likeness (QED) is 0.571. The van der Waals surface area contributed by atoms with Crippen molar-refractivity contribution in [2.75, 3.05) is 0 Å². The second-order valence-electron chi connectivity index (χ2n) is 6.65. The normalized spacial score (nSPS) is 20.8. The Morgan fingerprint density at radius 3 is 1.29 bits per heavy atom.